The average Bonchev–Trinajstić information content (AvgIpc) is 2.81. The largest absolute Gasteiger partial charge is 0.488 e. The summed E-state index contributed by atoms with van der Waals surface area (Å²) in [5.74, 6) is -0.633. The standard InChI is InChI=1S/C16H15BrN2O5/c1-3-6-24-13-5-4-10(7-11(13)17)8-12-15(21)19(16(22)18-12)9-14(20)23-2/h3-5,7-8H,1,6,9H2,2H3,(H,18,22). The van der Waals surface area contributed by atoms with Crippen molar-refractivity contribution in [3.05, 3.63) is 46.6 Å². The number of imide groups is 1. The number of rotatable bonds is 6. The van der Waals surface area contributed by atoms with Gasteiger partial charge in [-0.1, -0.05) is 18.7 Å². The highest BCUT2D eigenvalue weighted by Crippen LogP contribution is 2.27. The molecule has 1 aromatic carbocycles. The minimum Gasteiger partial charge on any atom is -0.488 e. The molecule has 0 aliphatic carbocycles. The van der Waals surface area contributed by atoms with E-state index in [1.54, 1.807) is 24.3 Å². The molecule has 0 radical (unpaired) electrons. The van der Waals surface area contributed by atoms with Crippen LogP contribution in [0.4, 0.5) is 4.79 Å². The number of hydrogen-bond acceptors (Lipinski definition) is 5. The summed E-state index contributed by atoms with van der Waals surface area (Å²) < 4.78 is 10.6. The number of halogens is 1. The van der Waals surface area contributed by atoms with E-state index in [0.29, 0.717) is 22.4 Å². The van der Waals surface area contributed by atoms with Crippen LogP contribution in [0.2, 0.25) is 0 Å². The number of esters is 1. The second-order valence-electron chi connectivity index (χ2n) is 4.75. The third-order valence-electron chi connectivity index (χ3n) is 3.10. The average molecular weight is 395 g/mol. The van der Waals surface area contributed by atoms with Crippen molar-refractivity contribution in [2.24, 2.45) is 0 Å². The van der Waals surface area contributed by atoms with Crippen LogP contribution in [0.25, 0.3) is 6.08 Å². The molecule has 126 valence electrons. The fraction of sp³-hybridized carbons (Fsp3) is 0.188. The molecule has 1 heterocycles. The fourth-order valence-electron chi connectivity index (χ4n) is 1.95. The number of nitrogens with zero attached hydrogens (tertiary/aromatic N) is 1. The Morgan fingerprint density at radius 2 is 2.17 bits per heavy atom. The summed E-state index contributed by atoms with van der Waals surface area (Å²) >= 11 is 3.38. The van der Waals surface area contributed by atoms with Crippen LogP contribution in [0.3, 0.4) is 0 Å². The van der Waals surface area contributed by atoms with Crippen molar-refractivity contribution in [2.45, 2.75) is 0 Å². The van der Waals surface area contributed by atoms with Gasteiger partial charge in [0.15, 0.2) is 0 Å². The smallest absolute Gasteiger partial charge is 0.329 e. The topological polar surface area (TPSA) is 84.9 Å². The Morgan fingerprint density at radius 3 is 2.79 bits per heavy atom. The quantitative estimate of drug-likeness (QED) is 0.345. The first-order valence-corrected chi connectivity index (χ1v) is 7.70. The molecule has 0 aromatic heterocycles. The van der Waals surface area contributed by atoms with Crippen LogP contribution in [0.15, 0.2) is 41.0 Å². The van der Waals surface area contributed by atoms with Crippen LogP contribution in [0, 0.1) is 0 Å². The van der Waals surface area contributed by atoms with E-state index in [1.165, 1.54) is 13.2 Å². The van der Waals surface area contributed by atoms with E-state index >= 15 is 0 Å². The molecular formula is C16H15BrN2O5. The Labute approximate surface area is 147 Å². The fourth-order valence-corrected chi connectivity index (χ4v) is 2.46. The normalized spacial score (nSPS) is 15.4. The zero-order chi connectivity index (χ0) is 17.7. The van der Waals surface area contributed by atoms with Gasteiger partial charge in [0.1, 0.15) is 24.6 Å². The van der Waals surface area contributed by atoms with Gasteiger partial charge in [0.05, 0.1) is 11.6 Å². The molecule has 2 rings (SSSR count). The first-order chi connectivity index (χ1) is 11.5. The van der Waals surface area contributed by atoms with Gasteiger partial charge in [-0.3, -0.25) is 9.59 Å². The lowest BCUT2D eigenvalue weighted by Crippen LogP contribution is -2.36. The molecule has 1 aliphatic rings. The van der Waals surface area contributed by atoms with Gasteiger partial charge in [0.25, 0.3) is 5.91 Å². The van der Waals surface area contributed by atoms with Crippen LogP contribution >= 0.6 is 15.9 Å². The van der Waals surface area contributed by atoms with E-state index in [2.05, 4.69) is 32.6 Å². The Morgan fingerprint density at radius 1 is 1.42 bits per heavy atom. The summed E-state index contributed by atoms with van der Waals surface area (Å²) in [7, 11) is 1.19. The number of nitrogens with one attached hydrogen (secondary N) is 1. The molecule has 0 spiro atoms. The second-order valence-corrected chi connectivity index (χ2v) is 5.60. The SMILES string of the molecule is C=CCOc1ccc(C=C2NC(=O)N(CC(=O)OC)C2=O)cc1Br. The van der Waals surface area contributed by atoms with Crippen LogP contribution < -0.4 is 10.1 Å². The maximum absolute atomic E-state index is 12.2. The molecule has 1 fully saturated rings. The molecule has 0 bridgehead atoms. The van der Waals surface area contributed by atoms with Gasteiger partial charge in [-0.25, -0.2) is 9.69 Å². The number of carbonyl (C=O) groups excluding carboxylic acids is 3. The van der Waals surface area contributed by atoms with Crippen LogP contribution in [0.1, 0.15) is 5.56 Å². The lowest BCUT2D eigenvalue weighted by Gasteiger charge is -2.09. The molecule has 8 heteroatoms. The number of carbonyl (C=O) groups is 3. The molecular weight excluding hydrogens is 380 g/mol. The van der Waals surface area contributed by atoms with Crippen molar-refractivity contribution in [2.75, 3.05) is 20.3 Å². The predicted molar refractivity (Wildman–Crippen MR) is 90.1 cm³/mol. The van der Waals surface area contributed by atoms with Gasteiger partial charge in [-0.05, 0) is 39.7 Å². The molecule has 1 aliphatic heterocycles. The number of amides is 3. The molecule has 0 unspecified atom stereocenters. The molecule has 0 atom stereocenters. The molecule has 3 amide bonds. The zero-order valence-corrected chi connectivity index (χ0v) is 14.5. The van der Waals surface area contributed by atoms with Crippen LogP contribution in [-0.2, 0) is 14.3 Å². The highest BCUT2D eigenvalue weighted by atomic mass is 79.9. The summed E-state index contributed by atoms with van der Waals surface area (Å²) in [6.07, 6.45) is 3.14. The van der Waals surface area contributed by atoms with Crippen molar-refractivity contribution in [1.82, 2.24) is 10.2 Å². The number of methoxy groups -OCH3 is 1. The summed E-state index contributed by atoms with van der Waals surface area (Å²) in [6.45, 7) is 3.51. The maximum atomic E-state index is 12.2. The van der Waals surface area contributed by atoms with E-state index in [1.807, 2.05) is 0 Å². The Bertz CT molecular complexity index is 729. The van der Waals surface area contributed by atoms with Crippen molar-refractivity contribution < 1.29 is 23.9 Å². The summed E-state index contributed by atoms with van der Waals surface area (Å²) in [5, 5.41) is 2.43. The van der Waals surface area contributed by atoms with E-state index in [4.69, 9.17) is 4.74 Å². The second kappa shape index (κ2) is 7.78. The molecule has 7 nitrogen and oxygen atoms in total. The minimum atomic E-state index is -0.675. The van der Waals surface area contributed by atoms with E-state index in [-0.39, 0.29) is 5.70 Å². The maximum Gasteiger partial charge on any atom is 0.329 e. The van der Waals surface area contributed by atoms with Gasteiger partial charge in [0, 0.05) is 0 Å². The van der Waals surface area contributed by atoms with Crippen LogP contribution in [0.5, 0.6) is 5.75 Å². The van der Waals surface area contributed by atoms with Gasteiger partial charge >= 0.3 is 12.0 Å². The van der Waals surface area contributed by atoms with E-state index < -0.39 is 24.5 Å². The lowest BCUT2D eigenvalue weighted by atomic mass is 10.2. The van der Waals surface area contributed by atoms with Gasteiger partial charge < -0.3 is 14.8 Å². The molecule has 24 heavy (non-hydrogen) atoms. The zero-order valence-electron chi connectivity index (χ0n) is 12.9. The van der Waals surface area contributed by atoms with Crippen molar-refractivity contribution in [3.63, 3.8) is 0 Å². The first kappa shape index (κ1) is 17.7. The number of benzene rings is 1. The van der Waals surface area contributed by atoms with Crippen molar-refractivity contribution >= 4 is 39.9 Å². The predicted octanol–water partition coefficient (Wildman–Crippen LogP) is 2.08. The monoisotopic (exact) mass is 394 g/mol. The Hall–Kier alpha value is -2.61. The Kier molecular flexibility index (Phi) is 5.75. The number of ether oxygens (including phenoxy) is 2. The van der Waals surface area contributed by atoms with Gasteiger partial charge in [0.2, 0.25) is 0 Å². The third-order valence-corrected chi connectivity index (χ3v) is 3.72. The van der Waals surface area contributed by atoms with E-state index in [0.717, 1.165) is 4.90 Å². The van der Waals surface area contributed by atoms with Crippen LogP contribution in [-0.4, -0.2) is 43.1 Å². The summed E-state index contributed by atoms with van der Waals surface area (Å²) in [6, 6.07) is 4.54. The summed E-state index contributed by atoms with van der Waals surface area (Å²) in [4.78, 5) is 36.0. The van der Waals surface area contributed by atoms with Gasteiger partial charge in [-0.15, -0.1) is 0 Å². The number of hydrogen-bond donors (Lipinski definition) is 1. The molecule has 1 N–H and O–H groups in total. The van der Waals surface area contributed by atoms with E-state index in [9.17, 15) is 14.4 Å². The number of urea groups is 1. The highest BCUT2D eigenvalue weighted by Gasteiger charge is 2.35. The highest BCUT2D eigenvalue weighted by molar-refractivity contribution is 9.10. The molecule has 1 aromatic rings. The first-order valence-electron chi connectivity index (χ1n) is 6.91. The minimum absolute atomic E-state index is 0.0792. The van der Waals surface area contributed by atoms with Crippen molar-refractivity contribution in [3.8, 4) is 5.75 Å². The lowest BCUT2D eigenvalue weighted by molar-refractivity contribution is -0.143. The third kappa shape index (κ3) is 4.02. The molecule has 0 saturated carbocycles. The molecule has 1 saturated heterocycles. The summed E-state index contributed by atoms with van der Waals surface area (Å²) in [5.41, 5.74) is 0.756. The Balaban J connectivity index is 2.18. The van der Waals surface area contributed by atoms with Crippen molar-refractivity contribution in [1.29, 1.82) is 0 Å². The van der Waals surface area contributed by atoms with Gasteiger partial charge in [-0.2, -0.15) is 0 Å².